The summed E-state index contributed by atoms with van der Waals surface area (Å²) in [5.74, 6) is 0.601. The van der Waals surface area contributed by atoms with E-state index in [-0.39, 0.29) is 11.7 Å². The fraction of sp³-hybridized carbons (Fsp3) is 0.800. The predicted molar refractivity (Wildman–Crippen MR) is 55.4 cm³/mol. The molecule has 2 unspecified atom stereocenters. The standard InChI is InChI=1S/C10H17N3O2/c1-2-6-5-7(6)12-9(14)10(3-4-10)8(11)13-15/h6-7,15H,2-5H2,1H3,(H2,11,13)(H,12,14). The van der Waals surface area contributed by atoms with Crippen molar-refractivity contribution in [2.75, 3.05) is 0 Å². The van der Waals surface area contributed by atoms with Crippen molar-refractivity contribution < 1.29 is 10.0 Å². The zero-order valence-corrected chi connectivity index (χ0v) is 8.86. The highest BCUT2D eigenvalue weighted by Gasteiger charge is 2.55. The number of rotatable bonds is 4. The first-order valence-electron chi connectivity index (χ1n) is 5.43. The van der Waals surface area contributed by atoms with Gasteiger partial charge in [0.1, 0.15) is 5.41 Å². The second-order valence-corrected chi connectivity index (χ2v) is 4.55. The lowest BCUT2D eigenvalue weighted by molar-refractivity contribution is -0.124. The van der Waals surface area contributed by atoms with E-state index in [0.29, 0.717) is 24.8 Å². The van der Waals surface area contributed by atoms with Crippen LogP contribution >= 0.6 is 0 Å². The summed E-state index contributed by atoms with van der Waals surface area (Å²) < 4.78 is 0. The maximum atomic E-state index is 11.9. The average molecular weight is 211 g/mol. The van der Waals surface area contributed by atoms with Crippen molar-refractivity contribution >= 4 is 11.7 Å². The molecule has 4 N–H and O–H groups in total. The smallest absolute Gasteiger partial charge is 0.234 e. The molecule has 2 atom stereocenters. The fourth-order valence-corrected chi connectivity index (χ4v) is 2.00. The number of amidine groups is 1. The van der Waals surface area contributed by atoms with Gasteiger partial charge in [-0.25, -0.2) is 0 Å². The van der Waals surface area contributed by atoms with Crippen molar-refractivity contribution in [2.24, 2.45) is 22.2 Å². The SMILES string of the molecule is CCC1CC1NC(=O)C1(C(N)=NO)CC1. The van der Waals surface area contributed by atoms with E-state index in [0.717, 1.165) is 12.8 Å². The molecule has 0 heterocycles. The van der Waals surface area contributed by atoms with E-state index >= 15 is 0 Å². The molecule has 0 aliphatic heterocycles. The second kappa shape index (κ2) is 3.40. The van der Waals surface area contributed by atoms with E-state index in [4.69, 9.17) is 10.9 Å². The molecule has 2 aliphatic carbocycles. The van der Waals surface area contributed by atoms with Crippen molar-refractivity contribution in [2.45, 2.75) is 38.6 Å². The van der Waals surface area contributed by atoms with Gasteiger partial charge in [0.25, 0.3) is 0 Å². The molecule has 2 fully saturated rings. The number of hydrogen-bond acceptors (Lipinski definition) is 3. The van der Waals surface area contributed by atoms with Gasteiger partial charge in [-0.2, -0.15) is 0 Å². The first kappa shape index (κ1) is 10.3. The number of carbonyl (C=O) groups is 1. The Bertz CT molecular complexity index is 310. The van der Waals surface area contributed by atoms with Crippen molar-refractivity contribution in [3.63, 3.8) is 0 Å². The van der Waals surface area contributed by atoms with Gasteiger partial charge in [0.05, 0.1) is 0 Å². The molecule has 0 aromatic heterocycles. The summed E-state index contributed by atoms with van der Waals surface area (Å²) in [5, 5.41) is 14.5. The Morgan fingerprint density at radius 1 is 1.67 bits per heavy atom. The Kier molecular flexibility index (Phi) is 2.32. The van der Waals surface area contributed by atoms with Gasteiger partial charge >= 0.3 is 0 Å². The van der Waals surface area contributed by atoms with Gasteiger partial charge in [-0.05, 0) is 25.2 Å². The minimum atomic E-state index is -0.699. The molecule has 0 spiro atoms. The van der Waals surface area contributed by atoms with Crippen LogP contribution in [0.2, 0.25) is 0 Å². The predicted octanol–water partition coefficient (Wildman–Crippen LogP) is 0.428. The van der Waals surface area contributed by atoms with Gasteiger partial charge in [0.2, 0.25) is 5.91 Å². The molecular formula is C10H17N3O2. The molecule has 0 saturated heterocycles. The molecule has 0 bridgehead atoms. The summed E-state index contributed by atoms with van der Waals surface area (Å²) in [6.07, 6.45) is 3.55. The normalized spacial score (nSPS) is 32.2. The van der Waals surface area contributed by atoms with Crippen LogP contribution in [-0.2, 0) is 4.79 Å². The van der Waals surface area contributed by atoms with Gasteiger partial charge in [-0.15, -0.1) is 0 Å². The Balaban J connectivity index is 1.92. The third-order valence-electron chi connectivity index (χ3n) is 3.55. The summed E-state index contributed by atoms with van der Waals surface area (Å²) in [6.45, 7) is 2.12. The summed E-state index contributed by atoms with van der Waals surface area (Å²) in [4.78, 5) is 11.9. The van der Waals surface area contributed by atoms with Gasteiger partial charge in [-0.1, -0.05) is 18.5 Å². The zero-order chi connectivity index (χ0) is 11.1. The lowest BCUT2D eigenvalue weighted by Gasteiger charge is -2.13. The molecule has 2 saturated carbocycles. The number of oxime groups is 1. The summed E-state index contributed by atoms with van der Waals surface area (Å²) in [5.41, 5.74) is 4.82. The Hall–Kier alpha value is -1.26. The molecule has 15 heavy (non-hydrogen) atoms. The summed E-state index contributed by atoms with van der Waals surface area (Å²) in [6, 6.07) is 0.312. The third-order valence-corrected chi connectivity index (χ3v) is 3.55. The van der Waals surface area contributed by atoms with Crippen LogP contribution < -0.4 is 11.1 Å². The largest absolute Gasteiger partial charge is 0.409 e. The number of nitrogens with zero attached hydrogens (tertiary/aromatic N) is 1. The van der Waals surface area contributed by atoms with Crippen LogP contribution in [0.25, 0.3) is 0 Å². The monoisotopic (exact) mass is 211 g/mol. The fourth-order valence-electron chi connectivity index (χ4n) is 2.00. The molecule has 2 aliphatic rings. The van der Waals surface area contributed by atoms with E-state index in [2.05, 4.69) is 17.4 Å². The van der Waals surface area contributed by atoms with Gasteiger partial charge < -0.3 is 16.3 Å². The van der Waals surface area contributed by atoms with Crippen LogP contribution in [0.1, 0.15) is 32.6 Å². The van der Waals surface area contributed by atoms with Gasteiger partial charge in [0, 0.05) is 6.04 Å². The number of nitrogens with two attached hydrogens (primary N) is 1. The van der Waals surface area contributed by atoms with E-state index in [9.17, 15) is 4.79 Å². The second-order valence-electron chi connectivity index (χ2n) is 4.55. The van der Waals surface area contributed by atoms with Gasteiger partial charge in [-0.3, -0.25) is 4.79 Å². The Labute approximate surface area is 88.7 Å². The Morgan fingerprint density at radius 3 is 2.73 bits per heavy atom. The Morgan fingerprint density at radius 2 is 2.33 bits per heavy atom. The number of carbonyl (C=O) groups excluding carboxylic acids is 1. The zero-order valence-electron chi connectivity index (χ0n) is 8.86. The highest BCUT2D eigenvalue weighted by atomic mass is 16.4. The number of amides is 1. The highest BCUT2D eigenvalue weighted by Crippen LogP contribution is 2.47. The van der Waals surface area contributed by atoms with Crippen LogP contribution in [-0.4, -0.2) is 23.0 Å². The lowest BCUT2D eigenvalue weighted by atomic mass is 10.1. The van der Waals surface area contributed by atoms with Crippen LogP contribution in [0.4, 0.5) is 0 Å². The topological polar surface area (TPSA) is 87.7 Å². The molecule has 1 amide bonds. The van der Waals surface area contributed by atoms with Crippen molar-refractivity contribution in [3.05, 3.63) is 0 Å². The lowest BCUT2D eigenvalue weighted by Crippen LogP contribution is -2.42. The van der Waals surface area contributed by atoms with Crippen LogP contribution in [0.15, 0.2) is 5.16 Å². The minimum absolute atomic E-state index is 0.0497. The minimum Gasteiger partial charge on any atom is -0.409 e. The summed E-state index contributed by atoms with van der Waals surface area (Å²) >= 11 is 0. The highest BCUT2D eigenvalue weighted by molar-refractivity contribution is 6.09. The number of hydrogen-bond donors (Lipinski definition) is 3. The van der Waals surface area contributed by atoms with Crippen LogP contribution in [0, 0.1) is 11.3 Å². The van der Waals surface area contributed by atoms with Gasteiger partial charge in [0.15, 0.2) is 5.84 Å². The van der Waals surface area contributed by atoms with Crippen molar-refractivity contribution in [1.29, 1.82) is 0 Å². The molecule has 0 aromatic rings. The summed E-state index contributed by atoms with van der Waals surface area (Å²) in [7, 11) is 0. The first-order chi connectivity index (χ1) is 7.14. The van der Waals surface area contributed by atoms with E-state index in [1.807, 2.05) is 0 Å². The molecule has 2 rings (SSSR count). The maximum absolute atomic E-state index is 11.9. The third kappa shape index (κ3) is 1.66. The number of nitrogens with one attached hydrogen (secondary N) is 1. The van der Waals surface area contributed by atoms with Crippen LogP contribution in [0.3, 0.4) is 0 Å². The molecule has 0 radical (unpaired) electrons. The molecule has 84 valence electrons. The maximum Gasteiger partial charge on any atom is 0.234 e. The molecule has 0 aromatic carbocycles. The van der Waals surface area contributed by atoms with Crippen LogP contribution in [0.5, 0.6) is 0 Å². The average Bonchev–Trinajstić information content (AvgIpc) is 3.10. The molecular weight excluding hydrogens is 194 g/mol. The van der Waals surface area contributed by atoms with Crippen molar-refractivity contribution in [1.82, 2.24) is 5.32 Å². The quantitative estimate of drug-likeness (QED) is 0.273. The van der Waals surface area contributed by atoms with E-state index < -0.39 is 5.41 Å². The van der Waals surface area contributed by atoms with Crippen molar-refractivity contribution in [3.8, 4) is 0 Å². The molecule has 5 nitrogen and oxygen atoms in total. The first-order valence-corrected chi connectivity index (χ1v) is 5.43. The molecule has 5 heteroatoms. The van der Waals surface area contributed by atoms with E-state index in [1.165, 1.54) is 0 Å². The van der Waals surface area contributed by atoms with E-state index in [1.54, 1.807) is 0 Å².